The molecule has 1 aliphatic rings. The predicted molar refractivity (Wildman–Crippen MR) is 139 cm³/mol. The monoisotopic (exact) mass is 508 g/mol. The Kier molecular flexibility index (Phi) is 5.67. The Morgan fingerprint density at radius 1 is 1.11 bits per heavy atom. The fourth-order valence-corrected chi connectivity index (χ4v) is 4.76. The van der Waals surface area contributed by atoms with Gasteiger partial charge in [0.2, 0.25) is 17.6 Å². The molecule has 0 saturated carbocycles. The summed E-state index contributed by atoms with van der Waals surface area (Å²) in [6.07, 6.45) is 5.85. The summed E-state index contributed by atoms with van der Waals surface area (Å²) in [5.41, 5.74) is 3.40. The lowest BCUT2D eigenvalue weighted by molar-refractivity contribution is -0.145. The number of hydrogen-bond acceptors (Lipinski definition) is 7. The van der Waals surface area contributed by atoms with Gasteiger partial charge in [0.1, 0.15) is 24.1 Å². The smallest absolute Gasteiger partial charge is 0.248 e. The summed E-state index contributed by atoms with van der Waals surface area (Å²) in [4.78, 5) is 52.9. The second-order valence-electron chi connectivity index (χ2n) is 9.27. The maximum Gasteiger partial charge on any atom is 0.248 e. The zero-order chi connectivity index (χ0) is 26.4. The molecule has 0 aliphatic carbocycles. The maximum absolute atomic E-state index is 13.2. The molecule has 4 aromatic heterocycles. The van der Waals surface area contributed by atoms with Gasteiger partial charge in [0.15, 0.2) is 5.78 Å². The van der Waals surface area contributed by atoms with Gasteiger partial charge in [0.05, 0.1) is 17.4 Å². The van der Waals surface area contributed by atoms with Gasteiger partial charge in [-0.3, -0.25) is 23.5 Å². The van der Waals surface area contributed by atoms with Crippen LogP contribution < -0.4 is 5.32 Å². The van der Waals surface area contributed by atoms with Gasteiger partial charge in [-0.05, 0) is 43.7 Å². The Hall–Kier alpha value is -4.93. The van der Waals surface area contributed by atoms with Crippen LogP contribution >= 0.6 is 0 Å². The van der Waals surface area contributed by atoms with Crippen LogP contribution in [-0.4, -0.2) is 64.2 Å². The minimum atomic E-state index is -0.575. The molecule has 0 radical (unpaired) electrons. The van der Waals surface area contributed by atoms with Crippen molar-refractivity contribution in [2.24, 2.45) is 0 Å². The number of ketones is 1. The molecule has 6 rings (SSSR count). The molecule has 1 aromatic carbocycles. The summed E-state index contributed by atoms with van der Waals surface area (Å²) in [6.45, 7) is 3.68. The Morgan fingerprint density at radius 3 is 2.74 bits per heavy atom. The number of benzene rings is 1. The third-order valence-corrected chi connectivity index (χ3v) is 6.74. The molecule has 1 aliphatic heterocycles. The van der Waals surface area contributed by atoms with Gasteiger partial charge >= 0.3 is 0 Å². The maximum atomic E-state index is 13.2. The number of rotatable bonds is 6. The summed E-state index contributed by atoms with van der Waals surface area (Å²) < 4.78 is 3.40. The van der Waals surface area contributed by atoms with Crippen LogP contribution in [0.4, 0.5) is 5.82 Å². The van der Waals surface area contributed by atoms with E-state index in [1.54, 1.807) is 18.5 Å². The lowest BCUT2D eigenvalue weighted by Gasteiger charge is -2.39. The number of anilines is 1. The molecule has 1 atom stereocenters. The van der Waals surface area contributed by atoms with Crippen LogP contribution in [0.15, 0.2) is 61.1 Å². The summed E-state index contributed by atoms with van der Waals surface area (Å²) in [5, 5.41) is 7.91. The van der Waals surface area contributed by atoms with E-state index in [1.807, 2.05) is 53.9 Å². The average molecular weight is 509 g/mol. The number of aromatic nitrogens is 6. The summed E-state index contributed by atoms with van der Waals surface area (Å²) in [7, 11) is 0. The van der Waals surface area contributed by atoms with Gasteiger partial charge in [0, 0.05) is 42.5 Å². The molecule has 1 N–H and O–H groups in total. The Bertz CT molecular complexity index is 1740. The van der Waals surface area contributed by atoms with Crippen LogP contribution in [0.2, 0.25) is 0 Å². The molecule has 38 heavy (non-hydrogen) atoms. The number of carbonyl (C=O) groups excluding carboxylic acids is 3. The van der Waals surface area contributed by atoms with E-state index in [0.29, 0.717) is 35.5 Å². The minimum Gasteiger partial charge on any atom is -0.329 e. The van der Waals surface area contributed by atoms with E-state index in [1.165, 1.54) is 16.5 Å². The molecule has 5 aromatic rings. The van der Waals surface area contributed by atoms with E-state index in [4.69, 9.17) is 0 Å². The number of fused-ring (bicyclic) bond motifs is 2. The van der Waals surface area contributed by atoms with Crippen molar-refractivity contribution in [3.05, 3.63) is 72.4 Å². The number of pyridine rings is 1. The molecular formula is C27H24N8O3. The second-order valence-corrected chi connectivity index (χ2v) is 9.27. The average Bonchev–Trinajstić information content (AvgIpc) is 3.45. The third-order valence-electron chi connectivity index (χ3n) is 6.74. The number of imidazole rings is 1. The zero-order valence-corrected chi connectivity index (χ0v) is 20.8. The Balaban J connectivity index is 1.26. The number of aryl methyl sites for hydroxylation is 1. The molecule has 11 nitrogen and oxygen atoms in total. The Labute approximate surface area is 217 Å². The molecule has 1 fully saturated rings. The van der Waals surface area contributed by atoms with E-state index >= 15 is 0 Å². The molecule has 0 bridgehead atoms. The van der Waals surface area contributed by atoms with E-state index in [-0.39, 0.29) is 29.8 Å². The summed E-state index contributed by atoms with van der Waals surface area (Å²) in [6, 6.07) is 12.2. The van der Waals surface area contributed by atoms with E-state index in [2.05, 4.69) is 25.4 Å². The van der Waals surface area contributed by atoms with Crippen molar-refractivity contribution in [3.8, 4) is 11.3 Å². The molecular weight excluding hydrogens is 484 g/mol. The van der Waals surface area contributed by atoms with Gasteiger partial charge in [-0.1, -0.05) is 12.1 Å². The lowest BCUT2D eigenvalue weighted by Crippen LogP contribution is -2.57. The van der Waals surface area contributed by atoms with E-state index in [9.17, 15) is 14.4 Å². The molecule has 1 saturated heterocycles. The highest BCUT2D eigenvalue weighted by atomic mass is 16.2. The number of carbonyl (C=O) groups is 3. The summed E-state index contributed by atoms with van der Waals surface area (Å²) in [5.74, 6) is 0.303. The van der Waals surface area contributed by atoms with Crippen molar-refractivity contribution >= 4 is 40.1 Å². The van der Waals surface area contributed by atoms with E-state index < -0.39 is 6.04 Å². The SMILES string of the molecule is CC(=O)c1nn(CC(=O)N2CC[C@H]2C(=O)Nc2cccc(C)n2)c2ccc(-c3cnc4ncccn34)cc12. The fourth-order valence-electron chi connectivity index (χ4n) is 4.76. The highest BCUT2D eigenvalue weighted by molar-refractivity contribution is 6.06. The number of likely N-dealkylation sites (tertiary alicyclic amines) is 1. The number of nitrogens with one attached hydrogen (secondary N) is 1. The van der Waals surface area contributed by atoms with E-state index in [0.717, 1.165) is 17.0 Å². The van der Waals surface area contributed by atoms with Crippen molar-refractivity contribution < 1.29 is 14.4 Å². The van der Waals surface area contributed by atoms with Crippen molar-refractivity contribution in [2.45, 2.75) is 32.9 Å². The molecule has 5 heterocycles. The molecule has 190 valence electrons. The van der Waals surface area contributed by atoms with Gasteiger partial charge in [-0.25, -0.2) is 15.0 Å². The summed E-state index contributed by atoms with van der Waals surface area (Å²) >= 11 is 0. The highest BCUT2D eigenvalue weighted by Crippen LogP contribution is 2.28. The van der Waals surface area contributed by atoms with Crippen molar-refractivity contribution in [2.75, 3.05) is 11.9 Å². The number of hydrogen-bond donors (Lipinski definition) is 1. The Morgan fingerprint density at radius 2 is 1.97 bits per heavy atom. The number of nitrogens with zero attached hydrogens (tertiary/aromatic N) is 7. The van der Waals surface area contributed by atoms with Gasteiger partial charge < -0.3 is 10.2 Å². The standard InChI is InChI=1S/C27H24N8O3/c1-16-5-3-6-23(30-16)31-26(38)21-9-12-33(21)24(37)15-35-20-8-7-18(13-19(20)25(32-35)17(2)36)22-14-29-27-28-10-4-11-34(22)27/h3-8,10-11,13-14,21H,9,12,15H2,1-2H3,(H,30,31,38)/t21-/m0/s1. The second kappa shape index (κ2) is 9.18. The third kappa shape index (κ3) is 4.07. The largest absolute Gasteiger partial charge is 0.329 e. The van der Waals surface area contributed by atoms with Crippen LogP contribution in [-0.2, 0) is 16.1 Å². The van der Waals surface area contributed by atoms with Crippen LogP contribution in [0.3, 0.4) is 0 Å². The van der Waals surface area contributed by atoms with Crippen LogP contribution in [0.5, 0.6) is 0 Å². The first-order chi connectivity index (χ1) is 18.4. The zero-order valence-electron chi connectivity index (χ0n) is 20.8. The quantitative estimate of drug-likeness (QED) is 0.349. The predicted octanol–water partition coefficient (Wildman–Crippen LogP) is 2.89. The van der Waals surface area contributed by atoms with Crippen molar-refractivity contribution in [3.63, 3.8) is 0 Å². The molecule has 2 amide bonds. The topological polar surface area (TPSA) is 127 Å². The van der Waals surface area contributed by atoms with Gasteiger partial charge in [-0.2, -0.15) is 5.10 Å². The van der Waals surface area contributed by atoms with Crippen LogP contribution in [0.1, 0.15) is 29.5 Å². The molecule has 0 unspecified atom stereocenters. The normalized spacial score (nSPS) is 15.0. The lowest BCUT2D eigenvalue weighted by atomic mass is 10.0. The number of Topliss-reactive ketones (excluding diaryl/α,β-unsaturated/α-hetero) is 1. The molecule has 11 heteroatoms. The fraction of sp³-hybridized carbons (Fsp3) is 0.222. The van der Waals surface area contributed by atoms with Crippen molar-refractivity contribution in [1.82, 2.24) is 34.0 Å². The van der Waals surface area contributed by atoms with Gasteiger partial charge in [-0.15, -0.1) is 0 Å². The molecule has 0 spiro atoms. The van der Waals surface area contributed by atoms with Crippen LogP contribution in [0, 0.1) is 6.92 Å². The van der Waals surface area contributed by atoms with Gasteiger partial charge in [0.25, 0.3) is 0 Å². The first kappa shape index (κ1) is 23.5. The highest BCUT2D eigenvalue weighted by Gasteiger charge is 2.38. The van der Waals surface area contributed by atoms with Crippen molar-refractivity contribution in [1.29, 1.82) is 0 Å². The number of amides is 2. The first-order valence-electron chi connectivity index (χ1n) is 12.2. The first-order valence-corrected chi connectivity index (χ1v) is 12.2. The van der Waals surface area contributed by atoms with Crippen LogP contribution in [0.25, 0.3) is 27.9 Å². The minimum absolute atomic E-state index is 0.0882.